The molecule has 0 bridgehead atoms. The molecule has 1 aromatic heterocycles. The van der Waals surface area contributed by atoms with E-state index in [2.05, 4.69) is 28.2 Å². The molecule has 1 aromatic rings. The van der Waals surface area contributed by atoms with Gasteiger partial charge in [-0.05, 0) is 33.8 Å². The van der Waals surface area contributed by atoms with Crippen molar-refractivity contribution in [1.29, 1.82) is 0 Å². The summed E-state index contributed by atoms with van der Waals surface area (Å²) in [5.41, 5.74) is 5.82. The summed E-state index contributed by atoms with van der Waals surface area (Å²) in [5, 5.41) is 2.05. The topological polar surface area (TPSA) is 26.0 Å². The zero-order valence-corrected chi connectivity index (χ0v) is 8.21. The molecule has 56 valence electrons. The summed E-state index contributed by atoms with van der Waals surface area (Å²) < 4.78 is 1.15. The highest BCUT2D eigenvalue weighted by molar-refractivity contribution is 9.10. The molecule has 0 fully saturated rings. The molecule has 1 nitrogen and oxygen atoms in total. The Labute approximate surface area is 73.4 Å². The number of nitrogens with two attached hydrogens (primary N) is 1. The molecule has 0 aliphatic rings. The molecule has 0 saturated heterocycles. The lowest BCUT2D eigenvalue weighted by atomic mass is 10.2. The van der Waals surface area contributed by atoms with Gasteiger partial charge in [0.2, 0.25) is 0 Å². The van der Waals surface area contributed by atoms with E-state index >= 15 is 0 Å². The van der Waals surface area contributed by atoms with Crippen LogP contribution in [0.4, 0.5) is 0 Å². The number of rotatable bonds is 2. The zero-order valence-electron chi connectivity index (χ0n) is 5.80. The first-order chi connectivity index (χ1) is 4.75. The van der Waals surface area contributed by atoms with E-state index < -0.39 is 0 Å². The highest BCUT2D eigenvalue weighted by atomic mass is 79.9. The summed E-state index contributed by atoms with van der Waals surface area (Å²) >= 11 is 5.15. The lowest BCUT2D eigenvalue weighted by Gasteiger charge is -2.05. The second kappa shape index (κ2) is 3.51. The maximum Gasteiger partial charge on any atom is 0.0398 e. The Bertz CT molecular complexity index is 209. The van der Waals surface area contributed by atoms with E-state index in [0.717, 1.165) is 10.9 Å². The molecule has 0 amide bonds. The fourth-order valence-corrected chi connectivity index (χ4v) is 2.51. The predicted molar refractivity (Wildman–Crippen MR) is 49.2 cm³/mol. The summed E-state index contributed by atoms with van der Waals surface area (Å²) in [7, 11) is 0. The van der Waals surface area contributed by atoms with Crippen LogP contribution in [-0.4, -0.2) is 0 Å². The molecule has 0 saturated carbocycles. The highest BCUT2D eigenvalue weighted by Crippen LogP contribution is 2.28. The van der Waals surface area contributed by atoms with Crippen molar-refractivity contribution in [2.24, 2.45) is 5.73 Å². The lowest BCUT2D eigenvalue weighted by molar-refractivity contribution is 0.709. The minimum Gasteiger partial charge on any atom is -0.323 e. The maximum atomic E-state index is 5.82. The predicted octanol–water partition coefficient (Wildman–Crippen LogP) is 2.92. The van der Waals surface area contributed by atoms with E-state index in [1.807, 2.05) is 6.07 Å². The Morgan fingerprint density at radius 3 is 2.90 bits per heavy atom. The molecule has 3 heteroatoms. The molecular weight excluding hydrogens is 210 g/mol. The van der Waals surface area contributed by atoms with Crippen molar-refractivity contribution in [1.82, 2.24) is 0 Å². The van der Waals surface area contributed by atoms with Crippen LogP contribution in [0, 0.1) is 0 Å². The molecule has 0 aromatic carbocycles. The molecule has 0 radical (unpaired) electrons. The molecule has 10 heavy (non-hydrogen) atoms. The van der Waals surface area contributed by atoms with Crippen molar-refractivity contribution in [2.75, 3.05) is 0 Å². The van der Waals surface area contributed by atoms with Crippen LogP contribution < -0.4 is 5.73 Å². The van der Waals surface area contributed by atoms with Crippen LogP contribution in [0.2, 0.25) is 0 Å². The minimum absolute atomic E-state index is 0.203. The van der Waals surface area contributed by atoms with Crippen molar-refractivity contribution in [2.45, 2.75) is 19.4 Å². The van der Waals surface area contributed by atoms with Crippen LogP contribution in [0.3, 0.4) is 0 Å². The van der Waals surface area contributed by atoms with Crippen molar-refractivity contribution < 1.29 is 0 Å². The third-order valence-corrected chi connectivity index (χ3v) is 3.42. The average Bonchev–Trinajstić information content (AvgIpc) is 2.34. The van der Waals surface area contributed by atoms with Gasteiger partial charge in [-0.1, -0.05) is 6.92 Å². The smallest absolute Gasteiger partial charge is 0.0398 e. The molecule has 0 aliphatic heterocycles. The van der Waals surface area contributed by atoms with Crippen LogP contribution in [0.15, 0.2) is 15.9 Å². The molecule has 1 atom stereocenters. The molecule has 2 N–H and O–H groups in total. The normalized spacial score (nSPS) is 13.5. The summed E-state index contributed by atoms with van der Waals surface area (Å²) in [5.74, 6) is 0. The SMILES string of the molecule is CC[C@@H](N)c1sccc1Br. The summed E-state index contributed by atoms with van der Waals surface area (Å²) in [6.45, 7) is 2.09. The van der Waals surface area contributed by atoms with Crippen LogP contribution in [0.25, 0.3) is 0 Å². The Morgan fingerprint density at radius 2 is 2.50 bits per heavy atom. The average molecular weight is 220 g/mol. The highest BCUT2D eigenvalue weighted by Gasteiger charge is 2.07. The van der Waals surface area contributed by atoms with E-state index in [0.29, 0.717) is 0 Å². The quantitative estimate of drug-likeness (QED) is 0.814. The zero-order chi connectivity index (χ0) is 7.56. The van der Waals surface area contributed by atoms with Gasteiger partial charge in [0.25, 0.3) is 0 Å². The van der Waals surface area contributed by atoms with Crippen LogP contribution in [0.1, 0.15) is 24.3 Å². The first-order valence-electron chi connectivity index (χ1n) is 3.24. The van der Waals surface area contributed by atoms with E-state index in [4.69, 9.17) is 5.73 Å². The van der Waals surface area contributed by atoms with Gasteiger partial charge in [0.15, 0.2) is 0 Å². The molecule has 0 unspecified atom stereocenters. The van der Waals surface area contributed by atoms with Gasteiger partial charge in [-0.15, -0.1) is 11.3 Å². The maximum absolute atomic E-state index is 5.82. The minimum atomic E-state index is 0.203. The van der Waals surface area contributed by atoms with Crippen molar-refractivity contribution >= 4 is 27.3 Å². The largest absolute Gasteiger partial charge is 0.323 e. The number of hydrogen-bond acceptors (Lipinski definition) is 2. The van der Waals surface area contributed by atoms with E-state index in [9.17, 15) is 0 Å². The number of halogens is 1. The van der Waals surface area contributed by atoms with Crippen molar-refractivity contribution in [3.8, 4) is 0 Å². The second-order valence-electron chi connectivity index (χ2n) is 2.15. The van der Waals surface area contributed by atoms with Gasteiger partial charge < -0.3 is 5.73 Å². The van der Waals surface area contributed by atoms with Crippen LogP contribution >= 0.6 is 27.3 Å². The van der Waals surface area contributed by atoms with E-state index in [-0.39, 0.29) is 6.04 Å². The molecule has 0 aliphatic carbocycles. The molecule has 0 spiro atoms. The van der Waals surface area contributed by atoms with Gasteiger partial charge in [0, 0.05) is 15.4 Å². The van der Waals surface area contributed by atoms with Gasteiger partial charge in [0.05, 0.1) is 0 Å². The fourth-order valence-electron chi connectivity index (χ4n) is 0.755. The van der Waals surface area contributed by atoms with Gasteiger partial charge in [-0.3, -0.25) is 0 Å². The number of hydrogen-bond donors (Lipinski definition) is 1. The second-order valence-corrected chi connectivity index (χ2v) is 3.95. The first-order valence-corrected chi connectivity index (χ1v) is 4.91. The third-order valence-electron chi connectivity index (χ3n) is 1.42. The Kier molecular flexibility index (Phi) is 2.89. The summed E-state index contributed by atoms with van der Waals surface area (Å²) in [6.07, 6.45) is 0.999. The fraction of sp³-hybridized carbons (Fsp3) is 0.429. The molecule has 1 rings (SSSR count). The van der Waals surface area contributed by atoms with Crippen molar-refractivity contribution in [3.05, 3.63) is 20.8 Å². The van der Waals surface area contributed by atoms with Gasteiger partial charge >= 0.3 is 0 Å². The third kappa shape index (κ3) is 1.59. The van der Waals surface area contributed by atoms with E-state index in [1.54, 1.807) is 11.3 Å². The summed E-state index contributed by atoms with van der Waals surface area (Å²) in [6, 6.07) is 2.24. The van der Waals surface area contributed by atoms with Gasteiger partial charge in [0.1, 0.15) is 0 Å². The Balaban J connectivity index is 2.82. The first kappa shape index (κ1) is 8.24. The Morgan fingerprint density at radius 1 is 1.80 bits per heavy atom. The lowest BCUT2D eigenvalue weighted by Crippen LogP contribution is -2.06. The summed E-state index contributed by atoms with van der Waals surface area (Å²) in [4.78, 5) is 1.25. The van der Waals surface area contributed by atoms with Crippen LogP contribution in [-0.2, 0) is 0 Å². The molecule has 1 heterocycles. The van der Waals surface area contributed by atoms with Crippen molar-refractivity contribution in [3.63, 3.8) is 0 Å². The van der Waals surface area contributed by atoms with Gasteiger partial charge in [-0.2, -0.15) is 0 Å². The van der Waals surface area contributed by atoms with Gasteiger partial charge in [-0.25, -0.2) is 0 Å². The van der Waals surface area contributed by atoms with Crippen LogP contribution in [0.5, 0.6) is 0 Å². The molecular formula is C7H10BrNS. The van der Waals surface area contributed by atoms with E-state index in [1.165, 1.54) is 4.88 Å². The Hall–Kier alpha value is 0.140. The number of thiophene rings is 1. The standard InChI is InChI=1S/C7H10BrNS/c1-2-6(9)7-5(8)3-4-10-7/h3-4,6H,2,9H2,1H3/t6-/m1/s1. The monoisotopic (exact) mass is 219 g/mol.